The monoisotopic (exact) mass is 278 g/mol. The number of nitrogen functional groups attached to an aromatic ring is 1. The Morgan fingerprint density at radius 3 is 2.50 bits per heavy atom. The van der Waals surface area contributed by atoms with E-state index in [1.165, 1.54) is 0 Å². The minimum absolute atomic E-state index is 0.115. The number of carbonyl (C=O) groups is 2. The predicted molar refractivity (Wildman–Crippen MR) is 78.4 cm³/mol. The van der Waals surface area contributed by atoms with Gasteiger partial charge in [-0.05, 0) is 31.4 Å². The average molecular weight is 278 g/mol. The van der Waals surface area contributed by atoms with Crippen molar-refractivity contribution in [2.75, 3.05) is 12.3 Å². The molecule has 0 radical (unpaired) electrons. The van der Waals surface area contributed by atoms with Crippen molar-refractivity contribution in [3.05, 3.63) is 29.3 Å². The Balaban J connectivity index is 2.58. The lowest BCUT2D eigenvalue weighted by Crippen LogP contribution is -2.37. The summed E-state index contributed by atoms with van der Waals surface area (Å²) in [5, 5.41) is 2.81. The van der Waals surface area contributed by atoms with Crippen LogP contribution in [0, 0.1) is 6.92 Å². The molecule has 0 saturated heterocycles. The van der Waals surface area contributed by atoms with Crippen molar-refractivity contribution in [2.24, 2.45) is 0 Å². The lowest BCUT2D eigenvalue weighted by molar-refractivity contribution is -0.125. The van der Waals surface area contributed by atoms with Crippen LogP contribution in [0.2, 0.25) is 0 Å². The van der Waals surface area contributed by atoms with Crippen LogP contribution < -0.4 is 11.1 Å². The molecular formula is C15H22N2O3. The molecule has 0 bridgehead atoms. The molecule has 1 rings (SSSR count). The lowest BCUT2D eigenvalue weighted by atomic mass is 10.1. The third-order valence-corrected chi connectivity index (χ3v) is 3.19. The van der Waals surface area contributed by atoms with Crippen LogP contribution in [-0.4, -0.2) is 24.5 Å². The summed E-state index contributed by atoms with van der Waals surface area (Å²) in [6.45, 7) is 5.48. The summed E-state index contributed by atoms with van der Waals surface area (Å²) in [5.41, 5.74) is 7.16. The van der Waals surface area contributed by atoms with Crippen molar-refractivity contribution in [1.82, 2.24) is 5.32 Å². The van der Waals surface area contributed by atoms with Gasteiger partial charge in [0.2, 0.25) is 0 Å². The fourth-order valence-electron chi connectivity index (χ4n) is 1.93. The van der Waals surface area contributed by atoms with Crippen LogP contribution in [0.25, 0.3) is 0 Å². The standard InChI is InChI=1S/C15H22N2O3/c1-4-11(5-2)17-13(18)9-20-15(19)14-10(3)7-6-8-12(14)16/h6-8,11H,4-5,9,16H2,1-3H3,(H,17,18). The first-order valence-corrected chi connectivity index (χ1v) is 6.81. The van der Waals surface area contributed by atoms with Gasteiger partial charge in [-0.3, -0.25) is 4.79 Å². The van der Waals surface area contributed by atoms with E-state index in [9.17, 15) is 9.59 Å². The summed E-state index contributed by atoms with van der Waals surface area (Å²) >= 11 is 0. The summed E-state index contributed by atoms with van der Waals surface area (Å²) in [6, 6.07) is 5.29. The van der Waals surface area contributed by atoms with Gasteiger partial charge in [-0.25, -0.2) is 4.79 Å². The number of carbonyl (C=O) groups excluding carboxylic acids is 2. The molecule has 110 valence electrons. The molecular weight excluding hydrogens is 256 g/mol. The molecule has 0 atom stereocenters. The van der Waals surface area contributed by atoms with Gasteiger partial charge in [0.15, 0.2) is 6.61 Å². The highest BCUT2D eigenvalue weighted by atomic mass is 16.5. The first kappa shape index (κ1) is 16.0. The minimum Gasteiger partial charge on any atom is -0.452 e. The number of ether oxygens (including phenoxy) is 1. The zero-order valence-electron chi connectivity index (χ0n) is 12.2. The highest BCUT2D eigenvalue weighted by Gasteiger charge is 2.16. The summed E-state index contributed by atoms with van der Waals surface area (Å²) < 4.78 is 5.01. The topological polar surface area (TPSA) is 81.4 Å². The Bertz CT molecular complexity index is 462. The van der Waals surface area contributed by atoms with Crippen LogP contribution in [0.5, 0.6) is 0 Å². The van der Waals surface area contributed by atoms with Crippen molar-refractivity contribution in [3.8, 4) is 0 Å². The van der Waals surface area contributed by atoms with Gasteiger partial charge in [-0.15, -0.1) is 0 Å². The normalized spacial score (nSPS) is 10.4. The first-order chi connectivity index (χ1) is 9.49. The largest absolute Gasteiger partial charge is 0.452 e. The molecule has 0 heterocycles. The van der Waals surface area contributed by atoms with E-state index in [-0.39, 0.29) is 18.6 Å². The van der Waals surface area contributed by atoms with Crippen LogP contribution in [0.3, 0.4) is 0 Å². The minimum atomic E-state index is -0.569. The van der Waals surface area contributed by atoms with Gasteiger partial charge in [0.05, 0.1) is 5.56 Å². The fraction of sp³-hybridized carbons (Fsp3) is 0.467. The highest BCUT2D eigenvalue weighted by Crippen LogP contribution is 2.17. The van der Waals surface area contributed by atoms with Crippen LogP contribution in [0.1, 0.15) is 42.6 Å². The zero-order chi connectivity index (χ0) is 15.1. The molecule has 5 heteroatoms. The van der Waals surface area contributed by atoms with Gasteiger partial charge < -0.3 is 15.8 Å². The number of amides is 1. The second-order valence-electron chi connectivity index (χ2n) is 4.70. The first-order valence-electron chi connectivity index (χ1n) is 6.81. The van der Waals surface area contributed by atoms with E-state index in [1.54, 1.807) is 25.1 Å². The molecule has 0 spiro atoms. The maximum atomic E-state index is 11.9. The van der Waals surface area contributed by atoms with Crippen molar-refractivity contribution < 1.29 is 14.3 Å². The molecule has 0 aliphatic heterocycles. The fourth-order valence-corrected chi connectivity index (χ4v) is 1.93. The van der Waals surface area contributed by atoms with Crippen LogP contribution in [-0.2, 0) is 9.53 Å². The second-order valence-corrected chi connectivity index (χ2v) is 4.70. The molecule has 20 heavy (non-hydrogen) atoms. The highest BCUT2D eigenvalue weighted by molar-refractivity contribution is 5.97. The van der Waals surface area contributed by atoms with E-state index < -0.39 is 5.97 Å². The smallest absolute Gasteiger partial charge is 0.341 e. The summed E-state index contributed by atoms with van der Waals surface area (Å²) in [4.78, 5) is 23.6. The Kier molecular flexibility index (Phi) is 6.03. The molecule has 1 amide bonds. The molecule has 0 saturated carbocycles. The third-order valence-electron chi connectivity index (χ3n) is 3.19. The number of hydrogen-bond donors (Lipinski definition) is 2. The van der Waals surface area contributed by atoms with Crippen molar-refractivity contribution >= 4 is 17.6 Å². The van der Waals surface area contributed by atoms with E-state index in [2.05, 4.69) is 5.32 Å². The van der Waals surface area contributed by atoms with Gasteiger partial charge in [0.25, 0.3) is 5.91 Å². The number of nitrogens with one attached hydrogen (secondary N) is 1. The van der Waals surface area contributed by atoms with E-state index in [4.69, 9.17) is 10.5 Å². The predicted octanol–water partition coefficient (Wildman–Crippen LogP) is 2.04. The van der Waals surface area contributed by atoms with Gasteiger partial charge in [-0.2, -0.15) is 0 Å². The molecule has 0 aliphatic rings. The average Bonchev–Trinajstić information content (AvgIpc) is 2.42. The van der Waals surface area contributed by atoms with Crippen LogP contribution in [0.4, 0.5) is 5.69 Å². The van der Waals surface area contributed by atoms with Gasteiger partial charge in [-0.1, -0.05) is 26.0 Å². The second kappa shape index (κ2) is 7.53. The Morgan fingerprint density at radius 2 is 1.95 bits per heavy atom. The summed E-state index contributed by atoms with van der Waals surface area (Å²) in [7, 11) is 0. The van der Waals surface area contributed by atoms with Crippen molar-refractivity contribution in [2.45, 2.75) is 39.7 Å². The zero-order valence-corrected chi connectivity index (χ0v) is 12.2. The van der Waals surface area contributed by atoms with Crippen molar-refractivity contribution in [3.63, 3.8) is 0 Å². The van der Waals surface area contributed by atoms with Crippen LogP contribution in [0.15, 0.2) is 18.2 Å². The van der Waals surface area contributed by atoms with Gasteiger partial charge in [0.1, 0.15) is 0 Å². The number of hydrogen-bond acceptors (Lipinski definition) is 4. The molecule has 0 aromatic heterocycles. The molecule has 1 aromatic carbocycles. The Hall–Kier alpha value is -2.04. The Morgan fingerprint density at radius 1 is 1.30 bits per heavy atom. The van der Waals surface area contributed by atoms with Gasteiger partial charge >= 0.3 is 5.97 Å². The van der Waals surface area contributed by atoms with E-state index in [1.807, 2.05) is 13.8 Å². The maximum Gasteiger partial charge on any atom is 0.341 e. The van der Waals surface area contributed by atoms with Gasteiger partial charge in [0, 0.05) is 11.7 Å². The Labute approximate surface area is 119 Å². The number of aryl methyl sites for hydroxylation is 1. The summed E-state index contributed by atoms with van der Waals surface area (Å²) in [5.74, 6) is -0.862. The van der Waals surface area contributed by atoms with E-state index >= 15 is 0 Å². The molecule has 1 aromatic rings. The SMILES string of the molecule is CCC(CC)NC(=O)COC(=O)c1c(C)cccc1N. The molecule has 0 aliphatic carbocycles. The molecule has 0 fully saturated rings. The summed E-state index contributed by atoms with van der Waals surface area (Å²) in [6.07, 6.45) is 1.70. The molecule has 0 unspecified atom stereocenters. The maximum absolute atomic E-state index is 11.9. The van der Waals surface area contributed by atoms with Crippen molar-refractivity contribution in [1.29, 1.82) is 0 Å². The van der Waals surface area contributed by atoms with E-state index in [0.717, 1.165) is 18.4 Å². The van der Waals surface area contributed by atoms with Crippen LogP contribution >= 0.6 is 0 Å². The third kappa shape index (κ3) is 4.26. The van der Waals surface area contributed by atoms with E-state index in [0.29, 0.717) is 11.3 Å². The lowest BCUT2D eigenvalue weighted by Gasteiger charge is -2.15. The molecule has 3 N–H and O–H groups in total. The number of nitrogens with two attached hydrogens (primary N) is 1. The number of esters is 1. The number of anilines is 1. The number of rotatable bonds is 6. The molecule has 5 nitrogen and oxygen atoms in total. The number of benzene rings is 1. The quantitative estimate of drug-likeness (QED) is 0.616.